The molecular formula is C13H18F3NO3S. The Kier molecular flexibility index (Phi) is 5.40. The van der Waals surface area contributed by atoms with E-state index in [9.17, 15) is 21.6 Å². The van der Waals surface area contributed by atoms with E-state index < -0.39 is 28.8 Å². The highest BCUT2D eigenvalue weighted by atomic mass is 32.2. The SMILES string of the molecule is Cc1ccc(CO)cc1S(=O)(=O)N(CC(F)(F)F)C(C)C. The Hall–Kier alpha value is -1.12. The molecule has 1 aromatic rings. The van der Waals surface area contributed by atoms with E-state index in [1.165, 1.54) is 39.0 Å². The van der Waals surface area contributed by atoms with Crippen LogP contribution in [0.4, 0.5) is 13.2 Å². The summed E-state index contributed by atoms with van der Waals surface area (Å²) in [6.45, 7) is 2.34. The number of aliphatic hydroxyl groups excluding tert-OH is 1. The maximum atomic E-state index is 12.6. The van der Waals surface area contributed by atoms with E-state index in [1.807, 2.05) is 0 Å². The fraction of sp³-hybridized carbons (Fsp3) is 0.538. The second kappa shape index (κ2) is 6.33. The third-order valence-corrected chi connectivity index (χ3v) is 5.10. The minimum absolute atomic E-state index is 0.216. The summed E-state index contributed by atoms with van der Waals surface area (Å²) in [4.78, 5) is -0.216. The third kappa shape index (κ3) is 4.42. The Labute approximate surface area is 122 Å². The van der Waals surface area contributed by atoms with Crippen molar-refractivity contribution in [1.82, 2.24) is 4.31 Å². The predicted octanol–water partition coefficient (Wildman–Crippen LogP) is 2.45. The van der Waals surface area contributed by atoms with Gasteiger partial charge in [-0.15, -0.1) is 0 Å². The lowest BCUT2D eigenvalue weighted by Gasteiger charge is -2.27. The summed E-state index contributed by atoms with van der Waals surface area (Å²) < 4.78 is 63.2. The molecule has 0 spiro atoms. The van der Waals surface area contributed by atoms with Crippen LogP contribution in [-0.2, 0) is 16.6 Å². The van der Waals surface area contributed by atoms with Crippen molar-refractivity contribution in [3.05, 3.63) is 29.3 Å². The number of alkyl halides is 3. The van der Waals surface area contributed by atoms with Crippen LogP contribution in [0.25, 0.3) is 0 Å². The Morgan fingerprint density at radius 1 is 1.29 bits per heavy atom. The Balaban J connectivity index is 3.36. The van der Waals surface area contributed by atoms with Gasteiger partial charge in [-0.3, -0.25) is 0 Å². The number of sulfonamides is 1. The van der Waals surface area contributed by atoms with Gasteiger partial charge in [0, 0.05) is 6.04 Å². The normalized spacial score (nSPS) is 13.2. The molecule has 120 valence electrons. The second-order valence-electron chi connectivity index (χ2n) is 5.02. The summed E-state index contributed by atoms with van der Waals surface area (Å²) in [6, 6.07) is 3.35. The zero-order valence-electron chi connectivity index (χ0n) is 12.0. The summed E-state index contributed by atoms with van der Waals surface area (Å²) in [5.74, 6) is 0. The number of benzene rings is 1. The standard InChI is InChI=1S/C13H18F3NO3S/c1-9(2)17(8-13(14,15)16)21(19,20)12-6-11(7-18)5-4-10(12)3/h4-6,9,18H,7-8H2,1-3H3. The minimum atomic E-state index is -4.63. The van der Waals surface area contributed by atoms with Gasteiger partial charge in [-0.05, 0) is 38.0 Å². The van der Waals surface area contributed by atoms with Gasteiger partial charge in [-0.25, -0.2) is 8.42 Å². The molecule has 0 aliphatic heterocycles. The monoisotopic (exact) mass is 325 g/mol. The van der Waals surface area contributed by atoms with Crippen molar-refractivity contribution in [2.45, 2.75) is 44.5 Å². The number of hydrogen-bond donors (Lipinski definition) is 1. The highest BCUT2D eigenvalue weighted by Gasteiger charge is 2.39. The Morgan fingerprint density at radius 3 is 2.29 bits per heavy atom. The molecule has 1 aromatic carbocycles. The molecule has 1 N–H and O–H groups in total. The molecule has 0 atom stereocenters. The average Bonchev–Trinajstić information content (AvgIpc) is 2.35. The van der Waals surface area contributed by atoms with E-state index in [4.69, 9.17) is 5.11 Å². The Bertz CT molecular complexity index is 597. The van der Waals surface area contributed by atoms with E-state index >= 15 is 0 Å². The maximum Gasteiger partial charge on any atom is 0.402 e. The molecule has 0 saturated carbocycles. The number of aryl methyl sites for hydroxylation is 1. The molecule has 0 amide bonds. The quantitative estimate of drug-likeness (QED) is 0.905. The summed E-state index contributed by atoms with van der Waals surface area (Å²) >= 11 is 0. The molecule has 0 fully saturated rings. The fourth-order valence-corrected chi connectivity index (χ4v) is 3.77. The van der Waals surface area contributed by atoms with Gasteiger partial charge >= 0.3 is 6.18 Å². The highest BCUT2D eigenvalue weighted by Crippen LogP contribution is 2.27. The minimum Gasteiger partial charge on any atom is -0.392 e. The first-order valence-electron chi connectivity index (χ1n) is 6.28. The van der Waals surface area contributed by atoms with E-state index in [0.717, 1.165) is 0 Å². The molecule has 0 radical (unpaired) electrons. The smallest absolute Gasteiger partial charge is 0.392 e. The topological polar surface area (TPSA) is 57.6 Å². The molecule has 0 saturated heterocycles. The first-order valence-corrected chi connectivity index (χ1v) is 7.72. The van der Waals surface area contributed by atoms with Crippen LogP contribution in [0.3, 0.4) is 0 Å². The van der Waals surface area contributed by atoms with Gasteiger partial charge in [-0.1, -0.05) is 12.1 Å². The van der Waals surface area contributed by atoms with Crippen molar-refractivity contribution in [3.8, 4) is 0 Å². The van der Waals surface area contributed by atoms with E-state index in [2.05, 4.69) is 0 Å². The van der Waals surface area contributed by atoms with Gasteiger partial charge in [0.05, 0.1) is 11.5 Å². The van der Waals surface area contributed by atoms with Gasteiger partial charge in [0.25, 0.3) is 0 Å². The van der Waals surface area contributed by atoms with E-state index in [1.54, 1.807) is 0 Å². The Morgan fingerprint density at radius 2 is 1.86 bits per heavy atom. The van der Waals surface area contributed by atoms with Crippen molar-refractivity contribution >= 4 is 10.0 Å². The largest absolute Gasteiger partial charge is 0.402 e. The van der Waals surface area contributed by atoms with Gasteiger partial charge in [0.2, 0.25) is 10.0 Å². The van der Waals surface area contributed by atoms with Crippen molar-refractivity contribution < 1.29 is 26.7 Å². The second-order valence-corrected chi connectivity index (χ2v) is 6.88. The summed E-state index contributed by atoms with van der Waals surface area (Å²) in [7, 11) is -4.29. The number of aliphatic hydroxyl groups is 1. The van der Waals surface area contributed by atoms with Crippen molar-refractivity contribution in [1.29, 1.82) is 0 Å². The average molecular weight is 325 g/mol. The molecule has 0 aliphatic rings. The zero-order valence-corrected chi connectivity index (χ0v) is 12.8. The van der Waals surface area contributed by atoms with Crippen molar-refractivity contribution in [3.63, 3.8) is 0 Å². The summed E-state index contributed by atoms with van der Waals surface area (Å²) in [5, 5.41) is 9.06. The predicted molar refractivity (Wildman–Crippen MR) is 72.2 cm³/mol. The van der Waals surface area contributed by atoms with Crippen LogP contribution < -0.4 is 0 Å². The molecular weight excluding hydrogens is 307 g/mol. The molecule has 8 heteroatoms. The van der Waals surface area contributed by atoms with E-state index in [-0.39, 0.29) is 11.5 Å². The van der Waals surface area contributed by atoms with Crippen LogP contribution in [0, 0.1) is 6.92 Å². The molecule has 1 rings (SSSR count). The fourth-order valence-electron chi connectivity index (χ4n) is 1.87. The van der Waals surface area contributed by atoms with Crippen LogP contribution in [0.15, 0.2) is 23.1 Å². The van der Waals surface area contributed by atoms with Crippen LogP contribution in [0.2, 0.25) is 0 Å². The lowest BCUT2D eigenvalue weighted by molar-refractivity contribution is -0.138. The molecule has 21 heavy (non-hydrogen) atoms. The molecule has 0 aromatic heterocycles. The molecule has 0 unspecified atom stereocenters. The number of rotatable bonds is 5. The van der Waals surface area contributed by atoms with Crippen molar-refractivity contribution in [2.75, 3.05) is 6.54 Å². The molecule has 0 bridgehead atoms. The van der Waals surface area contributed by atoms with Crippen LogP contribution in [0.5, 0.6) is 0 Å². The first kappa shape index (κ1) is 17.9. The lowest BCUT2D eigenvalue weighted by Crippen LogP contribution is -2.43. The first-order chi connectivity index (χ1) is 9.49. The van der Waals surface area contributed by atoms with Gasteiger partial charge in [-0.2, -0.15) is 17.5 Å². The van der Waals surface area contributed by atoms with Gasteiger partial charge in [0.1, 0.15) is 6.54 Å². The zero-order chi connectivity index (χ0) is 16.4. The number of halogens is 3. The molecule has 4 nitrogen and oxygen atoms in total. The third-order valence-electron chi connectivity index (χ3n) is 2.93. The van der Waals surface area contributed by atoms with Crippen LogP contribution in [0.1, 0.15) is 25.0 Å². The van der Waals surface area contributed by atoms with Crippen LogP contribution in [-0.4, -0.2) is 36.6 Å². The van der Waals surface area contributed by atoms with Crippen LogP contribution >= 0.6 is 0 Å². The van der Waals surface area contributed by atoms with Gasteiger partial charge in [0.15, 0.2) is 0 Å². The summed E-state index contributed by atoms with van der Waals surface area (Å²) in [6.07, 6.45) is -4.63. The number of hydrogen-bond acceptors (Lipinski definition) is 3. The highest BCUT2D eigenvalue weighted by molar-refractivity contribution is 7.89. The van der Waals surface area contributed by atoms with Gasteiger partial charge < -0.3 is 5.11 Å². The summed E-state index contributed by atoms with van der Waals surface area (Å²) in [5.41, 5.74) is 0.662. The molecule has 0 aliphatic carbocycles. The maximum absolute atomic E-state index is 12.6. The number of nitrogens with zero attached hydrogens (tertiary/aromatic N) is 1. The van der Waals surface area contributed by atoms with Crippen molar-refractivity contribution in [2.24, 2.45) is 0 Å². The lowest BCUT2D eigenvalue weighted by atomic mass is 10.2. The molecule has 0 heterocycles. The van der Waals surface area contributed by atoms with E-state index in [0.29, 0.717) is 15.4 Å².